The van der Waals surface area contributed by atoms with Crippen LogP contribution in [0.4, 0.5) is 5.95 Å². The number of aryl methyl sites for hydroxylation is 1. The Kier molecular flexibility index (Phi) is 5.51. The first-order valence-corrected chi connectivity index (χ1v) is 10.2. The molecule has 0 N–H and O–H groups in total. The molecule has 1 atom stereocenters. The lowest BCUT2D eigenvalue weighted by Crippen LogP contribution is -2.50. The molecule has 1 unspecified atom stereocenters. The van der Waals surface area contributed by atoms with Crippen LogP contribution in [-0.4, -0.2) is 70.9 Å². The lowest BCUT2D eigenvalue weighted by molar-refractivity contribution is 0.0515. The van der Waals surface area contributed by atoms with Crippen molar-refractivity contribution < 1.29 is 14.0 Å². The summed E-state index contributed by atoms with van der Waals surface area (Å²) in [4.78, 5) is 40.3. The standard InChI is InChI=1S/C21H27N5O3/c1-15-5-3-7-26(14-15)21-22-16(2)13-17(23-21)19(27)24-8-10-25(11-9-24)20(28)18-6-4-12-29-18/h4,6,12-13,15H,3,5,7-11,14H2,1-2H3. The van der Waals surface area contributed by atoms with Crippen molar-refractivity contribution in [2.45, 2.75) is 26.7 Å². The second-order valence-corrected chi connectivity index (χ2v) is 7.95. The lowest BCUT2D eigenvalue weighted by atomic mass is 10.0. The van der Waals surface area contributed by atoms with E-state index in [4.69, 9.17) is 4.42 Å². The number of furan rings is 1. The zero-order valence-electron chi connectivity index (χ0n) is 17.0. The predicted molar refractivity (Wildman–Crippen MR) is 108 cm³/mol. The van der Waals surface area contributed by atoms with Gasteiger partial charge in [-0.05, 0) is 43.9 Å². The van der Waals surface area contributed by atoms with Gasteiger partial charge in [0.25, 0.3) is 11.8 Å². The Labute approximate surface area is 170 Å². The summed E-state index contributed by atoms with van der Waals surface area (Å²) in [6.45, 7) is 7.89. The molecule has 0 saturated carbocycles. The molecule has 2 amide bonds. The van der Waals surface area contributed by atoms with E-state index in [9.17, 15) is 9.59 Å². The molecule has 154 valence electrons. The van der Waals surface area contributed by atoms with Gasteiger partial charge in [0.15, 0.2) is 5.76 Å². The summed E-state index contributed by atoms with van der Waals surface area (Å²) < 4.78 is 5.19. The van der Waals surface area contributed by atoms with Gasteiger partial charge in [-0.1, -0.05) is 6.92 Å². The third-order valence-electron chi connectivity index (χ3n) is 5.59. The van der Waals surface area contributed by atoms with Gasteiger partial charge in [-0.3, -0.25) is 9.59 Å². The summed E-state index contributed by atoms with van der Waals surface area (Å²) in [5, 5.41) is 0. The Hall–Kier alpha value is -2.90. The third-order valence-corrected chi connectivity index (χ3v) is 5.59. The molecule has 0 bridgehead atoms. The molecule has 2 aliphatic rings. The Morgan fingerprint density at radius 2 is 1.79 bits per heavy atom. The van der Waals surface area contributed by atoms with E-state index in [1.54, 1.807) is 28.0 Å². The molecule has 0 aliphatic carbocycles. The van der Waals surface area contributed by atoms with E-state index < -0.39 is 0 Å². The van der Waals surface area contributed by atoms with Crippen molar-refractivity contribution in [3.8, 4) is 0 Å². The van der Waals surface area contributed by atoms with E-state index in [1.807, 2.05) is 6.92 Å². The summed E-state index contributed by atoms with van der Waals surface area (Å²) in [5.74, 6) is 1.34. The molecule has 4 rings (SSSR count). The SMILES string of the molecule is Cc1cc(C(=O)N2CCN(C(=O)c3ccco3)CC2)nc(N2CCCC(C)C2)n1. The van der Waals surface area contributed by atoms with Crippen LogP contribution >= 0.6 is 0 Å². The predicted octanol–water partition coefficient (Wildman–Crippen LogP) is 2.21. The van der Waals surface area contributed by atoms with Crippen molar-refractivity contribution in [3.05, 3.63) is 41.6 Å². The topological polar surface area (TPSA) is 82.8 Å². The van der Waals surface area contributed by atoms with Gasteiger partial charge in [0.2, 0.25) is 5.95 Å². The molecule has 29 heavy (non-hydrogen) atoms. The quantitative estimate of drug-likeness (QED) is 0.790. The van der Waals surface area contributed by atoms with Gasteiger partial charge in [-0.2, -0.15) is 0 Å². The Balaban J connectivity index is 1.43. The van der Waals surface area contributed by atoms with E-state index >= 15 is 0 Å². The molecule has 0 aromatic carbocycles. The molecule has 2 aromatic heterocycles. The van der Waals surface area contributed by atoms with E-state index in [2.05, 4.69) is 21.8 Å². The zero-order valence-corrected chi connectivity index (χ0v) is 17.0. The van der Waals surface area contributed by atoms with Crippen LogP contribution in [0.3, 0.4) is 0 Å². The first kappa shape index (κ1) is 19.4. The molecular weight excluding hydrogens is 370 g/mol. The van der Waals surface area contributed by atoms with Crippen LogP contribution < -0.4 is 4.90 Å². The maximum absolute atomic E-state index is 13.1. The summed E-state index contributed by atoms with van der Waals surface area (Å²) in [7, 11) is 0. The van der Waals surface area contributed by atoms with E-state index in [1.165, 1.54) is 12.7 Å². The minimum Gasteiger partial charge on any atom is -0.459 e. The minimum atomic E-state index is -0.138. The molecule has 0 spiro atoms. The lowest BCUT2D eigenvalue weighted by Gasteiger charge is -2.34. The second kappa shape index (κ2) is 8.23. The Morgan fingerprint density at radius 1 is 1.07 bits per heavy atom. The van der Waals surface area contributed by atoms with Crippen LogP contribution in [-0.2, 0) is 0 Å². The van der Waals surface area contributed by atoms with Crippen LogP contribution in [0.25, 0.3) is 0 Å². The van der Waals surface area contributed by atoms with Gasteiger partial charge in [0, 0.05) is 45.0 Å². The van der Waals surface area contributed by atoms with Gasteiger partial charge >= 0.3 is 0 Å². The number of aromatic nitrogens is 2. The highest BCUT2D eigenvalue weighted by Gasteiger charge is 2.28. The normalized spacial score (nSPS) is 20.1. The molecule has 2 fully saturated rings. The number of piperidine rings is 1. The fourth-order valence-electron chi connectivity index (χ4n) is 4.01. The first-order chi connectivity index (χ1) is 14.0. The van der Waals surface area contributed by atoms with Gasteiger partial charge in [-0.15, -0.1) is 0 Å². The molecule has 8 heteroatoms. The molecule has 8 nitrogen and oxygen atoms in total. The van der Waals surface area contributed by atoms with Crippen LogP contribution in [0.1, 0.15) is 46.5 Å². The number of piperazine rings is 1. The summed E-state index contributed by atoms with van der Waals surface area (Å²) in [6.07, 6.45) is 3.83. The van der Waals surface area contributed by atoms with Crippen molar-refractivity contribution in [3.63, 3.8) is 0 Å². The Bertz CT molecular complexity index is 874. The molecule has 0 radical (unpaired) electrons. The average molecular weight is 397 g/mol. The number of amides is 2. The molecular formula is C21H27N5O3. The zero-order chi connectivity index (χ0) is 20.4. The third kappa shape index (κ3) is 4.26. The van der Waals surface area contributed by atoms with Crippen molar-refractivity contribution in [2.24, 2.45) is 5.92 Å². The van der Waals surface area contributed by atoms with Crippen molar-refractivity contribution in [1.82, 2.24) is 19.8 Å². The number of nitrogens with zero attached hydrogens (tertiary/aromatic N) is 5. The fraction of sp³-hybridized carbons (Fsp3) is 0.524. The van der Waals surface area contributed by atoms with Gasteiger partial charge in [0.05, 0.1) is 6.26 Å². The van der Waals surface area contributed by atoms with Gasteiger partial charge < -0.3 is 19.1 Å². The fourth-order valence-corrected chi connectivity index (χ4v) is 4.01. The van der Waals surface area contributed by atoms with Crippen LogP contribution in [0.2, 0.25) is 0 Å². The first-order valence-electron chi connectivity index (χ1n) is 10.2. The molecule has 4 heterocycles. The number of rotatable bonds is 3. The van der Waals surface area contributed by atoms with Crippen molar-refractivity contribution in [2.75, 3.05) is 44.2 Å². The van der Waals surface area contributed by atoms with Crippen molar-refractivity contribution in [1.29, 1.82) is 0 Å². The van der Waals surface area contributed by atoms with Gasteiger partial charge in [0.1, 0.15) is 5.69 Å². The largest absolute Gasteiger partial charge is 0.459 e. The smallest absolute Gasteiger partial charge is 0.289 e. The molecule has 2 saturated heterocycles. The minimum absolute atomic E-state index is 0.105. The average Bonchev–Trinajstić information content (AvgIpc) is 3.27. The highest BCUT2D eigenvalue weighted by atomic mass is 16.3. The van der Waals surface area contributed by atoms with E-state index in [0.717, 1.165) is 25.2 Å². The van der Waals surface area contributed by atoms with Crippen molar-refractivity contribution >= 4 is 17.8 Å². The van der Waals surface area contributed by atoms with Crippen LogP contribution in [0.15, 0.2) is 28.9 Å². The van der Waals surface area contributed by atoms with Crippen LogP contribution in [0, 0.1) is 12.8 Å². The molecule has 2 aromatic rings. The summed E-state index contributed by atoms with van der Waals surface area (Å²) in [5.41, 5.74) is 1.22. The highest BCUT2D eigenvalue weighted by Crippen LogP contribution is 2.21. The monoisotopic (exact) mass is 397 g/mol. The summed E-state index contributed by atoms with van der Waals surface area (Å²) >= 11 is 0. The van der Waals surface area contributed by atoms with Gasteiger partial charge in [-0.25, -0.2) is 9.97 Å². The number of hydrogen-bond acceptors (Lipinski definition) is 6. The second-order valence-electron chi connectivity index (χ2n) is 7.95. The van der Waals surface area contributed by atoms with Crippen LogP contribution in [0.5, 0.6) is 0 Å². The maximum atomic E-state index is 13.1. The number of carbonyl (C=O) groups excluding carboxylic acids is 2. The van der Waals surface area contributed by atoms with E-state index in [0.29, 0.717) is 49.5 Å². The highest BCUT2D eigenvalue weighted by molar-refractivity contribution is 5.94. The maximum Gasteiger partial charge on any atom is 0.289 e. The Morgan fingerprint density at radius 3 is 2.45 bits per heavy atom. The molecule has 2 aliphatic heterocycles. The number of anilines is 1. The number of hydrogen-bond donors (Lipinski definition) is 0. The van der Waals surface area contributed by atoms with E-state index in [-0.39, 0.29) is 11.8 Å². The summed E-state index contributed by atoms with van der Waals surface area (Å²) in [6, 6.07) is 5.11. The number of carbonyl (C=O) groups is 2.